The number of hydrogen-bond donors (Lipinski definition) is 0. The number of halogens is 1. The van der Waals surface area contributed by atoms with E-state index in [0.717, 1.165) is 0 Å². The minimum absolute atomic E-state index is 0. The zero-order valence-electron chi connectivity index (χ0n) is 5.75. The Morgan fingerprint density at radius 3 is 2.90 bits per heavy atom. The summed E-state index contributed by atoms with van der Waals surface area (Å²) in [5.74, 6) is 0. The predicted molar refractivity (Wildman–Crippen MR) is 35.7 cm³/mol. The first-order valence-corrected chi connectivity index (χ1v) is 4.15. The third-order valence-corrected chi connectivity index (χ3v) is 2.07. The van der Waals surface area contributed by atoms with Crippen molar-refractivity contribution in [1.82, 2.24) is 0 Å². The summed E-state index contributed by atoms with van der Waals surface area (Å²) in [4.78, 5) is 0. The van der Waals surface area contributed by atoms with Crippen LogP contribution < -0.4 is 12.4 Å². The molecule has 0 N–H and O–H groups in total. The van der Waals surface area contributed by atoms with Gasteiger partial charge in [0.05, 0.1) is 0 Å². The molecule has 60 valence electrons. The van der Waals surface area contributed by atoms with E-state index >= 15 is 0 Å². The monoisotopic (exact) mass is 248 g/mol. The Morgan fingerprint density at radius 2 is 2.10 bits per heavy atom. The number of allylic oxidation sites excluding steroid dienone is 4. The predicted octanol–water partition coefficient (Wildman–Crippen LogP) is -0.449. The minimum atomic E-state index is 0. The van der Waals surface area contributed by atoms with Gasteiger partial charge in [0.25, 0.3) is 0 Å². The van der Waals surface area contributed by atoms with Crippen LogP contribution in [0.15, 0.2) is 22.3 Å². The van der Waals surface area contributed by atoms with E-state index in [4.69, 9.17) is 0 Å². The summed E-state index contributed by atoms with van der Waals surface area (Å²) in [6, 6.07) is 0. The van der Waals surface area contributed by atoms with Gasteiger partial charge in [0, 0.05) is 0 Å². The quantitative estimate of drug-likeness (QED) is 0.510. The van der Waals surface area contributed by atoms with Crippen LogP contribution >= 0.6 is 0 Å². The maximum absolute atomic E-state index is 3.23. The van der Waals surface area contributed by atoms with Gasteiger partial charge in [0.1, 0.15) is 0 Å². The second-order valence-corrected chi connectivity index (χ2v) is 3.25. The van der Waals surface area contributed by atoms with E-state index in [1.165, 1.54) is 29.7 Å². The fourth-order valence-corrected chi connectivity index (χ4v) is 1.32. The van der Waals surface area contributed by atoms with Crippen LogP contribution in [0.3, 0.4) is 0 Å². The van der Waals surface area contributed by atoms with Gasteiger partial charge in [0.2, 0.25) is 0 Å². The molecule has 0 aromatic rings. The van der Waals surface area contributed by atoms with Crippen molar-refractivity contribution in [2.24, 2.45) is 0 Å². The molecule has 1 aliphatic rings. The molecule has 10 heavy (non-hydrogen) atoms. The van der Waals surface area contributed by atoms with Crippen LogP contribution in [0.4, 0.5) is 0 Å². The van der Waals surface area contributed by atoms with Crippen LogP contribution in [0.25, 0.3) is 0 Å². The Hall–Kier alpha value is 0.432. The Balaban J connectivity index is 0.000000810. The molecule has 0 radical (unpaired) electrons. The first kappa shape index (κ1) is 10.4. The summed E-state index contributed by atoms with van der Waals surface area (Å²) in [5, 5.41) is 0. The molecule has 0 heterocycles. The first-order chi connectivity index (χ1) is 4.39. The summed E-state index contributed by atoms with van der Waals surface area (Å²) in [7, 11) is 0. The van der Waals surface area contributed by atoms with Crippen LogP contribution in [0.2, 0.25) is 0 Å². The van der Waals surface area contributed by atoms with Crippen molar-refractivity contribution in [1.29, 1.82) is 0 Å². The van der Waals surface area contributed by atoms with E-state index in [2.05, 4.69) is 37.4 Å². The van der Waals surface area contributed by atoms with E-state index in [1.54, 1.807) is 0 Å². The normalized spacial score (nSPS) is 26.8. The molecule has 0 unspecified atom stereocenters. The van der Waals surface area contributed by atoms with Gasteiger partial charge < -0.3 is 12.4 Å². The summed E-state index contributed by atoms with van der Waals surface area (Å²) in [6.45, 7) is 0. The van der Waals surface area contributed by atoms with Crippen LogP contribution in [-0.2, 0) is 19.2 Å². The van der Waals surface area contributed by atoms with Crippen molar-refractivity contribution in [3.63, 3.8) is 0 Å². The van der Waals surface area contributed by atoms with E-state index in [1.807, 2.05) is 0 Å². The SMILES string of the molecule is [Cl-].[Pd+]/[C]1=C/C=C\CCCC1. The molecule has 0 amide bonds. The Bertz CT molecular complexity index is 138. The summed E-state index contributed by atoms with van der Waals surface area (Å²) >= 11 is 3.23. The first-order valence-electron chi connectivity index (χ1n) is 3.38. The summed E-state index contributed by atoms with van der Waals surface area (Å²) < 4.78 is 1.37. The molecule has 0 spiro atoms. The molecule has 0 saturated heterocycles. The Labute approximate surface area is 79.6 Å². The zero-order valence-corrected chi connectivity index (χ0v) is 8.07. The van der Waals surface area contributed by atoms with E-state index in [9.17, 15) is 0 Å². The second-order valence-electron chi connectivity index (χ2n) is 2.25. The van der Waals surface area contributed by atoms with E-state index < -0.39 is 0 Å². The van der Waals surface area contributed by atoms with Crippen LogP contribution in [0.1, 0.15) is 25.7 Å². The van der Waals surface area contributed by atoms with Gasteiger partial charge >= 0.3 is 67.2 Å². The standard InChI is InChI=1S/C8H11.ClH.Pd/c1-2-4-6-8-7-5-3-1;;/h1-3H,4,6-8H2;1H;/q;;+1/p-1/b2-1-,5-3?;;. The molecule has 0 aliphatic heterocycles. The number of rotatable bonds is 0. The van der Waals surface area contributed by atoms with Crippen molar-refractivity contribution in [3.8, 4) is 0 Å². The average Bonchev–Trinajstić information content (AvgIpc) is 1.79. The van der Waals surface area contributed by atoms with Crippen molar-refractivity contribution < 1.29 is 31.6 Å². The van der Waals surface area contributed by atoms with E-state index in [-0.39, 0.29) is 12.4 Å². The van der Waals surface area contributed by atoms with Crippen molar-refractivity contribution >= 4 is 0 Å². The average molecular weight is 249 g/mol. The van der Waals surface area contributed by atoms with Gasteiger partial charge in [-0.1, -0.05) is 0 Å². The summed E-state index contributed by atoms with van der Waals surface area (Å²) in [5.41, 5.74) is 0. The zero-order chi connectivity index (χ0) is 6.53. The van der Waals surface area contributed by atoms with Crippen molar-refractivity contribution in [2.75, 3.05) is 0 Å². The fraction of sp³-hybridized carbons (Fsp3) is 0.500. The molecular weight excluding hydrogens is 238 g/mol. The molecule has 1 rings (SSSR count). The van der Waals surface area contributed by atoms with E-state index in [0.29, 0.717) is 0 Å². The molecule has 0 saturated carbocycles. The number of hydrogen-bond acceptors (Lipinski definition) is 0. The van der Waals surface area contributed by atoms with Crippen molar-refractivity contribution in [2.45, 2.75) is 25.7 Å². The van der Waals surface area contributed by atoms with Gasteiger partial charge in [-0.15, -0.1) is 0 Å². The molecule has 0 aromatic carbocycles. The van der Waals surface area contributed by atoms with Crippen LogP contribution in [-0.4, -0.2) is 0 Å². The Kier molecular flexibility index (Phi) is 6.43. The van der Waals surface area contributed by atoms with Gasteiger partial charge in [-0.3, -0.25) is 0 Å². The fourth-order valence-electron chi connectivity index (χ4n) is 0.891. The summed E-state index contributed by atoms with van der Waals surface area (Å²) in [6.07, 6.45) is 11.7. The maximum atomic E-state index is 3.23. The molecule has 1 aliphatic carbocycles. The van der Waals surface area contributed by atoms with Gasteiger partial charge in [-0.05, 0) is 0 Å². The third kappa shape index (κ3) is 4.28. The Morgan fingerprint density at radius 1 is 1.30 bits per heavy atom. The molecule has 0 bridgehead atoms. The van der Waals surface area contributed by atoms with Gasteiger partial charge in [-0.25, -0.2) is 0 Å². The van der Waals surface area contributed by atoms with Crippen molar-refractivity contribution in [3.05, 3.63) is 22.3 Å². The molecule has 0 nitrogen and oxygen atoms in total. The topological polar surface area (TPSA) is 0 Å². The molecule has 0 atom stereocenters. The molecule has 0 fully saturated rings. The van der Waals surface area contributed by atoms with Gasteiger partial charge in [0.15, 0.2) is 0 Å². The van der Waals surface area contributed by atoms with Crippen LogP contribution in [0.5, 0.6) is 0 Å². The molecule has 2 heteroatoms. The van der Waals surface area contributed by atoms with Gasteiger partial charge in [-0.2, -0.15) is 0 Å². The molecule has 0 aromatic heterocycles. The second kappa shape index (κ2) is 6.16. The molecular formula is C8H11ClPd. The third-order valence-electron chi connectivity index (χ3n) is 1.42. The van der Waals surface area contributed by atoms with Crippen LogP contribution in [0, 0.1) is 0 Å².